The van der Waals surface area contributed by atoms with Gasteiger partial charge in [-0.05, 0) is 18.9 Å². The van der Waals surface area contributed by atoms with E-state index in [0.717, 1.165) is 19.4 Å². The number of carbonyl (C=O) groups is 2. The first kappa shape index (κ1) is 15.1. The minimum atomic E-state index is -0.480. The number of nitrogens with one attached hydrogen (secondary N) is 1. The smallest absolute Gasteiger partial charge is 0.341 e. The van der Waals surface area contributed by atoms with E-state index < -0.39 is 5.97 Å². The SMILES string of the molecule is CNC(=O)C1CCCN(c2ncc(N)cc2C(=O)OC)C1. The molecule has 1 atom stereocenters. The second-order valence-electron chi connectivity index (χ2n) is 5.03. The number of pyridine rings is 1. The van der Waals surface area contributed by atoms with Gasteiger partial charge in [-0.15, -0.1) is 0 Å². The zero-order valence-corrected chi connectivity index (χ0v) is 12.3. The molecule has 7 nitrogen and oxygen atoms in total. The minimum Gasteiger partial charge on any atom is -0.465 e. The Labute approximate surface area is 123 Å². The lowest BCUT2D eigenvalue weighted by Crippen LogP contribution is -2.43. The molecule has 0 aliphatic carbocycles. The lowest BCUT2D eigenvalue weighted by atomic mass is 9.97. The number of hydrogen-bond acceptors (Lipinski definition) is 6. The van der Waals surface area contributed by atoms with Gasteiger partial charge in [-0.3, -0.25) is 4.79 Å². The van der Waals surface area contributed by atoms with Crippen LogP contribution in [0.2, 0.25) is 0 Å². The Kier molecular flexibility index (Phi) is 4.62. The van der Waals surface area contributed by atoms with Crippen molar-refractivity contribution in [1.82, 2.24) is 10.3 Å². The van der Waals surface area contributed by atoms with Crippen molar-refractivity contribution in [2.24, 2.45) is 5.92 Å². The van der Waals surface area contributed by atoms with Crippen molar-refractivity contribution in [3.63, 3.8) is 0 Å². The molecule has 0 radical (unpaired) electrons. The van der Waals surface area contributed by atoms with Gasteiger partial charge in [0.25, 0.3) is 0 Å². The molecule has 1 saturated heterocycles. The van der Waals surface area contributed by atoms with E-state index in [9.17, 15) is 9.59 Å². The van der Waals surface area contributed by atoms with Gasteiger partial charge in [-0.2, -0.15) is 0 Å². The van der Waals surface area contributed by atoms with Crippen LogP contribution in [-0.4, -0.2) is 44.1 Å². The maximum absolute atomic E-state index is 11.9. The summed E-state index contributed by atoms with van der Waals surface area (Å²) in [6.45, 7) is 1.27. The van der Waals surface area contributed by atoms with Crippen molar-refractivity contribution < 1.29 is 14.3 Å². The molecule has 7 heteroatoms. The molecule has 0 aromatic carbocycles. The number of carbonyl (C=O) groups excluding carboxylic acids is 2. The average molecular weight is 292 g/mol. The van der Waals surface area contributed by atoms with Gasteiger partial charge < -0.3 is 20.7 Å². The number of amides is 1. The van der Waals surface area contributed by atoms with Crippen LogP contribution >= 0.6 is 0 Å². The number of aromatic nitrogens is 1. The molecule has 0 bridgehead atoms. The monoisotopic (exact) mass is 292 g/mol. The molecule has 2 heterocycles. The van der Waals surface area contributed by atoms with E-state index in [1.165, 1.54) is 13.3 Å². The number of nitrogens with zero attached hydrogens (tertiary/aromatic N) is 2. The largest absolute Gasteiger partial charge is 0.465 e. The summed E-state index contributed by atoms with van der Waals surface area (Å²) in [7, 11) is 2.95. The first-order valence-corrected chi connectivity index (χ1v) is 6.87. The van der Waals surface area contributed by atoms with Crippen LogP contribution in [0, 0.1) is 5.92 Å². The molecule has 114 valence electrons. The van der Waals surface area contributed by atoms with Gasteiger partial charge in [-0.25, -0.2) is 9.78 Å². The van der Waals surface area contributed by atoms with Crippen LogP contribution in [0.4, 0.5) is 11.5 Å². The van der Waals surface area contributed by atoms with E-state index in [0.29, 0.717) is 23.6 Å². The zero-order valence-electron chi connectivity index (χ0n) is 12.3. The lowest BCUT2D eigenvalue weighted by Gasteiger charge is -2.33. The molecule has 1 amide bonds. The van der Waals surface area contributed by atoms with Gasteiger partial charge in [0.05, 0.1) is 24.9 Å². The fourth-order valence-electron chi connectivity index (χ4n) is 2.57. The van der Waals surface area contributed by atoms with Crippen molar-refractivity contribution in [2.45, 2.75) is 12.8 Å². The molecule has 1 aliphatic heterocycles. The highest BCUT2D eigenvalue weighted by Gasteiger charge is 2.28. The fourth-order valence-corrected chi connectivity index (χ4v) is 2.57. The molecule has 1 aliphatic rings. The summed E-state index contributed by atoms with van der Waals surface area (Å²) >= 11 is 0. The predicted octanol–water partition coefficient (Wildman–Crippen LogP) is 0.413. The molecule has 3 N–H and O–H groups in total. The normalized spacial score (nSPS) is 18.2. The Morgan fingerprint density at radius 2 is 2.29 bits per heavy atom. The van der Waals surface area contributed by atoms with Crippen LogP contribution in [0.1, 0.15) is 23.2 Å². The van der Waals surface area contributed by atoms with Crippen molar-refractivity contribution in [1.29, 1.82) is 0 Å². The number of nitrogens with two attached hydrogens (primary N) is 1. The quantitative estimate of drug-likeness (QED) is 0.783. The van der Waals surface area contributed by atoms with Crippen LogP contribution in [0.3, 0.4) is 0 Å². The van der Waals surface area contributed by atoms with Crippen molar-refractivity contribution in [2.75, 3.05) is 37.9 Å². The Morgan fingerprint density at radius 1 is 1.52 bits per heavy atom. The number of piperidine rings is 1. The Morgan fingerprint density at radius 3 is 2.95 bits per heavy atom. The first-order valence-electron chi connectivity index (χ1n) is 6.87. The fraction of sp³-hybridized carbons (Fsp3) is 0.500. The van der Waals surface area contributed by atoms with Crippen molar-refractivity contribution in [3.8, 4) is 0 Å². The number of rotatable bonds is 3. The van der Waals surface area contributed by atoms with E-state index >= 15 is 0 Å². The maximum Gasteiger partial charge on any atom is 0.341 e. The molecule has 21 heavy (non-hydrogen) atoms. The third kappa shape index (κ3) is 3.24. The van der Waals surface area contributed by atoms with Gasteiger partial charge in [0.1, 0.15) is 11.4 Å². The molecular formula is C14H20N4O3. The maximum atomic E-state index is 11.9. The van der Waals surface area contributed by atoms with Gasteiger partial charge >= 0.3 is 5.97 Å². The summed E-state index contributed by atoms with van der Waals surface area (Å²) in [6, 6.07) is 1.55. The zero-order chi connectivity index (χ0) is 15.4. The first-order chi connectivity index (χ1) is 10.1. The Hall–Kier alpha value is -2.31. The Balaban J connectivity index is 2.28. The van der Waals surface area contributed by atoms with E-state index in [2.05, 4.69) is 10.3 Å². The number of anilines is 2. The van der Waals surface area contributed by atoms with Crippen LogP contribution in [0.15, 0.2) is 12.3 Å². The van der Waals surface area contributed by atoms with Gasteiger partial charge in [0, 0.05) is 20.1 Å². The molecule has 0 saturated carbocycles. The van der Waals surface area contributed by atoms with Gasteiger partial charge in [-0.1, -0.05) is 0 Å². The second-order valence-corrected chi connectivity index (χ2v) is 5.03. The highest BCUT2D eigenvalue weighted by Crippen LogP contribution is 2.26. The van der Waals surface area contributed by atoms with E-state index in [1.807, 2.05) is 4.90 Å². The summed E-state index contributed by atoms with van der Waals surface area (Å²) in [5, 5.41) is 2.67. The van der Waals surface area contributed by atoms with Gasteiger partial charge in [0.2, 0.25) is 5.91 Å². The third-order valence-corrected chi connectivity index (χ3v) is 3.63. The standard InChI is InChI=1S/C14H20N4O3/c1-16-13(19)9-4-3-5-18(8-9)12-11(14(20)21-2)6-10(15)7-17-12/h6-7,9H,3-5,8,15H2,1-2H3,(H,16,19). The van der Waals surface area contributed by atoms with E-state index in [1.54, 1.807) is 13.1 Å². The summed E-state index contributed by atoms with van der Waals surface area (Å²) < 4.78 is 4.78. The highest BCUT2D eigenvalue weighted by molar-refractivity contribution is 5.95. The van der Waals surface area contributed by atoms with Crippen molar-refractivity contribution in [3.05, 3.63) is 17.8 Å². The topological polar surface area (TPSA) is 97.5 Å². The minimum absolute atomic E-state index is 0.00904. The number of esters is 1. The third-order valence-electron chi connectivity index (χ3n) is 3.63. The van der Waals surface area contributed by atoms with Crippen molar-refractivity contribution >= 4 is 23.4 Å². The van der Waals surface area contributed by atoms with Crippen LogP contribution in [0.5, 0.6) is 0 Å². The molecule has 1 aromatic rings. The van der Waals surface area contributed by atoms with Crippen LogP contribution in [-0.2, 0) is 9.53 Å². The molecule has 1 fully saturated rings. The number of hydrogen-bond donors (Lipinski definition) is 2. The van der Waals surface area contributed by atoms with E-state index in [4.69, 9.17) is 10.5 Å². The summed E-state index contributed by atoms with van der Waals surface area (Å²) in [5.74, 6) is -0.0557. The van der Waals surface area contributed by atoms with Crippen LogP contribution in [0.25, 0.3) is 0 Å². The second kappa shape index (κ2) is 6.43. The van der Waals surface area contributed by atoms with E-state index in [-0.39, 0.29) is 11.8 Å². The average Bonchev–Trinajstić information content (AvgIpc) is 2.53. The Bertz CT molecular complexity index is 547. The molecule has 0 spiro atoms. The number of nitrogen functional groups attached to an aromatic ring is 1. The van der Waals surface area contributed by atoms with Crippen LogP contribution < -0.4 is 16.0 Å². The summed E-state index contributed by atoms with van der Waals surface area (Å²) in [5.41, 5.74) is 6.42. The highest BCUT2D eigenvalue weighted by atomic mass is 16.5. The number of methoxy groups -OCH3 is 1. The molecule has 2 rings (SSSR count). The lowest BCUT2D eigenvalue weighted by molar-refractivity contribution is -0.124. The number of ether oxygens (including phenoxy) is 1. The summed E-state index contributed by atoms with van der Waals surface area (Å²) in [6.07, 6.45) is 3.20. The molecular weight excluding hydrogens is 272 g/mol. The predicted molar refractivity (Wildman–Crippen MR) is 79.0 cm³/mol. The molecule has 1 aromatic heterocycles. The molecule has 1 unspecified atom stereocenters. The summed E-state index contributed by atoms with van der Waals surface area (Å²) in [4.78, 5) is 29.9. The van der Waals surface area contributed by atoms with Gasteiger partial charge in [0.15, 0.2) is 0 Å².